The summed E-state index contributed by atoms with van der Waals surface area (Å²) >= 11 is 0. The molecule has 0 aliphatic carbocycles. The summed E-state index contributed by atoms with van der Waals surface area (Å²) in [4.78, 5) is 10.6. The van der Waals surface area contributed by atoms with Gasteiger partial charge in [-0.1, -0.05) is 30.3 Å². The highest BCUT2D eigenvalue weighted by Crippen LogP contribution is 2.36. The van der Waals surface area contributed by atoms with Gasteiger partial charge in [0.1, 0.15) is 14.0 Å². The van der Waals surface area contributed by atoms with Crippen LogP contribution < -0.4 is 0 Å². The molecule has 0 fully saturated rings. The molecule has 0 amide bonds. The van der Waals surface area contributed by atoms with Crippen LogP contribution in [-0.4, -0.2) is 16.7 Å². The maximum atomic E-state index is 13.0. The molecule has 1 rings (SSSR count). The standard InChI is InChI=1S/C10H9F2O3P/c11-10(12,16-15)8(9(13)14)6-7-4-2-1-3-5-7/h1-6H,16H2,(H,13,14). The zero-order valence-corrected chi connectivity index (χ0v) is 9.22. The van der Waals surface area contributed by atoms with Gasteiger partial charge in [0, 0.05) is 0 Å². The second-order valence-electron chi connectivity index (χ2n) is 3.01. The SMILES string of the molecule is O=[PH2]C(F)(F)C(=Cc1ccccc1)C(=O)O. The molecule has 3 nitrogen and oxygen atoms in total. The zero-order chi connectivity index (χ0) is 12.2. The van der Waals surface area contributed by atoms with Gasteiger partial charge in [0.2, 0.25) is 0 Å². The number of aliphatic carboxylic acids is 1. The van der Waals surface area contributed by atoms with Crippen molar-refractivity contribution < 1.29 is 23.2 Å². The van der Waals surface area contributed by atoms with Gasteiger partial charge in [-0.3, -0.25) is 0 Å². The van der Waals surface area contributed by atoms with E-state index >= 15 is 0 Å². The predicted octanol–water partition coefficient (Wildman–Crippen LogP) is 2.50. The van der Waals surface area contributed by atoms with Gasteiger partial charge < -0.3 is 9.67 Å². The minimum absolute atomic E-state index is 0.326. The molecule has 0 heterocycles. The first-order valence-electron chi connectivity index (χ1n) is 4.32. The summed E-state index contributed by atoms with van der Waals surface area (Å²) in [5, 5.41) is 8.63. The van der Waals surface area contributed by atoms with E-state index in [-0.39, 0.29) is 0 Å². The second kappa shape index (κ2) is 5.03. The summed E-state index contributed by atoms with van der Waals surface area (Å²) in [6, 6.07) is 7.83. The molecule has 1 aromatic carbocycles. The first-order chi connectivity index (χ1) is 7.47. The van der Waals surface area contributed by atoms with Crippen molar-refractivity contribution in [3.63, 3.8) is 0 Å². The van der Waals surface area contributed by atoms with Gasteiger partial charge in [0.05, 0.1) is 0 Å². The van der Waals surface area contributed by atoms with E-state index in [0.717, 1.165) is 6.08 Å². The van der Waals surface area contributed by atoms with Gasteiger partial charge in [-0.25, -0.2) is 4.79 Å². The number of rotatable bonds is 4. The maximum absolute atomic E-state index is 13.0. The van der Waals surface area contributed by atoms with E-state index in [0.29, 0.717) is 5.56 Å². The van der Waals surface area contributed by atoms with Crippen molar-refractivity contribution in [1.29, 1.82) is 0 Å². The van der Waals surface area contributed by atoms with Crippen molar-refractivity contribution in [2.45, 2.75) is 5.66 Å². The third kappa shape index (κ3) is 3.00. The van der Waals surface area contributed by atoms with Gasteiger partial charge in [-0.15, -0.1) is 0 Å². The van der Waals surface area contributed by atoms with Crippen molar-refractivity contribution in [3.05, 3.63) is 41.5 Å². The minimum Gasteiger partial charge on any atom is -0.478 e. The van der Waals surface area contributed by atoms with Crippen LogP contribution >= 0.6 is 8.46 Å². The van der Waals surface area contributed by atoms with E-state index in [9.17, 15) is 18.1 Å². The van der Waals surface area contributed by atoms with Crippen LogP contribution in [0, 0.1) is 0 Å². The Balaban J connectivity index is 3.19. The van der Waals surface area contributed by atoms with E-state index < -0.39 is 25.7 Å². The summed E-state index contributed by atoms with van der Waals surface area (Å²) in [6.07, 6.45) is 0.827. The van der Waals surface area contributed by atoms with Crippen LogP contribution in [0.5, 0.6) is 0 Å². The van der Waals surface area contributed by atoms with Gasteiger partial charge in [0.25, 0.3) is 0 Å². The fourth-order valence-electron chi connectivity index (χ4n) is 1.08. The molecule has 0 saturated heterocycles. The normalized spacial score (nSPS) is 13.2. The average Bonchev–Trinajstić information content (AvgIpc) is 2.26. The number of alkyl halides is 2. The van der Waals surface area contributed by atoms with E-state index in [4.69, 9.17) is 5.11 Å². The number of carboxylic acid groups (broad SMARTS) is 1. The Hall–Kier alpha value is -1.48. The molecule has 86 valence electrons. The van der Waals surface area contributed by atoms with Crippen molar-refractivity contribution in [1.82, 2.24) is 0 Å². The quantitative estimate of drug-likeness (QED) is 0.656. The molecule has 0 aromatic heterocycles. The Kier molecular flexibility index (Phi) is 3.96. The highest BCUT2D eigenvalue weighted by molar-refractivity contribution is 7.26. The average molecular weight is 246 g/mol. The summed E-state index contributed by atoms with van der Waals surface area (Å²) in [5.74, 6) is -1.77. The largest absolute Gasteiger partial charge is 0.478 e. The number of benzene rings is 1. The number of hydrogen-bond acceptors (Lipinski definition) is 2. The molecule has 0 bridgehead atoms. The lowest BCUT2D eigenvalue weighted by molar-refractivity contribution is -0.134. The highest BCUT2D eigenvalue weighted by atomic mass is 31.1. The summed E-state index contributed by atoms with van der Waals surface area (Å²) in [5.41, 5.74) is -4.60. The number of carboxylic acids is 1. The minimum atomic E-state index is -3.78. The molecule has 1 unspecified atom stereocenters. The fraction of sp³-hybridized carbons (Fsp3) is 0.100. The highest BCUT2D eigenvalue weighted by Gasteiger charge is 2.37. The molecular weight excluding hydrogens is 237 g/mol. The van der Waals surface area contributed by atoms with Gasteiger partial charge in [-0.2, -0.15) is 8.78 Å². The van der Waals surface area contributed by atoms with Gasteiger partial charge in [-0.05, 0) is 11.6 Å². The molecule has 0 radical (unpaired) electrons. The van der Waals surface area contributed by atoms with E-state index in [1.165, 1.54) is 12.1 Å². The van der Waals surface area contributed by atoms with Crippen molar-refractivity contribution in [2.24, 2.45) is 0 Å². The molecule has 1 atom stereocenters. The van der Waals surface area contributed by atoms with Crippen molar-refractivity contribution in [2.75, 3.05) is 0 Å². The van der Waals surface area contributed by atoms with E-state index in [2.05, 4.69) is 0 Å². The Morgan fingerprint density at radius 3 is 2.31 bits per heavy atom. The smallest absolute Gasteiger partial charge is 0.338 e. The maximum Gasteiger partial charge on any atom is 0.338 e. The molecule has 6 heteroatoms. The molecule has 0 saturated carbocycles. The number of halogens is 2. The monoisotopic (exact) mass is 246 g/mol. The zero-order valence-electron chi connectivity index (χ0n) is 8.06. The van der Waals surface area contributed by atoms with Crippen LogP contribution in [0.3, 0.4) is 0 Å². The molecule has 0 aliphatic heterocycles. The number of hydrogen-bond donors (Lipinski definition) is 1. The molecule has 1 N–H and O–H groups in total. The Bertz CT molecular complexity index is 429. The Labute approximate surface area is 91.6 Å². The molecule has 0 spiro atoms. The lowest BCUT2D eigenvalue weighted by Gasteiger charge is -2.10. The van der Waals surface area contributed by atoms with E-state index in [1.807, 2.05) is 0 Å². The molecule has 16 heavy (non-hydrogen) atoms. The van der Waals surface area contributed by atoms with Crippen LogP contribution in [-0.2, 0) is 9.36 Å². The van der Waals surface area contributed by atoms with Crippen molar-refractivity contribution in [3.8, 4) is 0 Å². The van der Waals surface area contributed by atoms with Crippen molar-refractivity contribution >= 4 is 20.5 Å². The van der Waals surface area contributed by atoms with Crippen LogP contribution in [0.15, 0.2) is 35.9 Å². The second-order valence-corrected chi connectivity index (χ2v) is 3.98. The predicted molar refractivity (Wildman–Crippen MR) is 57.4 cm³/mol. The fourth-order valence-corrected chi connectivity index (χ4v) is 1.41. The lowest BCUT2D eigenvalue weighted by atomic mass is 10.1. The molecule has 0 aliphatic rings. The van der Waals surface area contributed by atoms with E-state index in [1.54, 1.807) is 18.2 Å². The van der Waals surface area contributed by atoms with Gasteiger partial charge >= 0.3 is 11.6 Å². The third-order valence-corrected chi connectivity index (χ3v) is 2.46. The molecular formula is C10H9F2O3P. The Morgan fingerprint density at radius 2 is 1.88 bits per heavy atom. The molecule has 1 aromatic rings. The summed E-state index contributed by atoms with van der Waals surface area (Å²) in [7, 11) is -2.51. The number of carbonyl (C=O) groups is 1. The lowest BCUT2D eigenvalue weighted by Crippen LogP contribution is -2.18. The third-order valence-electron chi connectivity index (χ3n) is 1.85. The first-order valence-corrected chi connectivity index (χ1v) is 5.37. The Morgan fingerprint density at radius 1 is 1.31 bits per heavy atom. The topological polar surface area (TPSA) is 54.4 Å². The van der Waals surface area contributed by atoms with Crippen LogP contribution in [0.2, 0.25) is 0 Å². The van der Waals surface area contributed by atoms with Crippen LogP contribution in [0.4, 0.5) is 8.78 Å². The first kappa shape index (κ1) is 12.6. The van der Waals surface area contributed by atoms with Crippen LogP contribution in [0.25, 0.3) is 6.08 Å². The van der Waals surface area contributed by atoms with Gasteiger partial charge in [0.15, 0.2) is 0 Å². The summed E-state index contributed by atoms with van der Waals surface area (Å²) < 4.78 is 36.4. The van der Waals surface area contributed by atoms with Crippen LogP contribution in [0.1, 0.15) is 5.56 Å². The summed E-state index contributed by atoms with van der Waals surface area (Å²) in [6.45, 7) is 0.